The van der Waals surface area contributed by atoms with E-state index in [4.69, 9.17) is 9.52 Å². The Labute approximate surface area is 171 Å². The Bertz CT molecular complexity index is 1000. The monoisotopic (exact) mass is 411 g/mol. The Morgan fingerprint density at radius 3 is 2.21 bits per heavy atom. The van der Waals surface area contributed by atoms with Crippen LogP contribution in [0, 0.1) is 0 Å². The number of carboxylic acids is 1. The average Bonchev–Trinajstić information content (AvgIpc) is 3.21. The van der Waals surface area contributed by atoms with Crippen molar-refractivity contribution in [1.29, 1.82) is 0 Å². The largest absolute Gasteiger partial charge is 0.475 e. The molecule has 2 unspecified atom stereocenters. The van der Waals surface area contributed by atoms with Gasteiger partial charge in [-0.3, -0.25) is 9.00 Å². The molecule has 2 atom stereocenters. The molecule has 150 valence electrons. The molecule has 0 spiro atoms. The van der Waals surface area contributed by atoms with Gasteiger partial charge in [-0.1, -0.05) is 48.5 Å². The van der Waals surface area contributed by atoms with Crippen LogP contribution in [0.1, 0.15) is 28.8 Å². The Kier molecular flexibility index (Phi) is 6.61. The summed E-state index contributed by atoms with van der Waals surface area (Å²) in [5.74, 6) is -1.44. The van der Waals surface area contributed by atoms with Crippen LogP contribution in [0.25, 0.3) is 0 Å². The second-order valence-electron chi connectivity index (χ2n) is 6.48. The van der Waals surface area contributed by atoms with Crippen LogP contribution in [0.15, 0.2) is 77.2 Å². The van der Waals surface area contributed by atoms with E-state index in [2.05, 4.69) is 0 Å². The van der Waals surface area contributed by atoms with Gasteiger partial charge >= 0.3 is 5.97 Å². The summed E-state index contributed by atoms with van der Waals surface area (Å²) < 4.78 is 17.9. The third-order valence-electron chi connectivity index (χ3n) is 4.42. The van der Waals surface area contributed by atoms with E-state index >= 15 is 0 Å². The minimum Gasteiger partial charge on any atom is -0.475 e. The summed E-state index contributed by atoms with van der Waals surface area (Å²) in [6, 6.07) is 21.6. The second-order valence-corrected chi connectivity index (χ2v) is 8.24. The van der Waals surface area contributed by atoms with Gasteiger partial charge in [0, 0.05) is 16.5 Å². The van der Waals surface area contributed by atoms with Gasteiger partial charge in [-0.05, 0) is 36.8 Å². The summed E-state index contributed by atoms with van der Waals surface area (Å²) in [6.45, 7) is 1.97. The van der Waals surface area contributed by atoms with Crippen molar-refractivity contribution in [3.05, 3.63) is 89.9 Å². The number of furan rings is 1. The van der Waals surface area contributed by atoms with Gasteiger partial charge in [0.15, 0.2) is 0 Å². The van der Waals surface area contributed by atoms with E-state index in [9.17, 15) is 13.8 Å². The number of rotatable bonds is 8. The van der Waals surface area contributed by atoms with Gasteiger partial charge in [0.2, 0.25) is 11.7 Å². The molecular weight excluding hydrogens is 390 g/mol. The number of amides is 1. The van der Waals surface area contributed by atoms with Crippen molar-refractivity contribution in [3.63, 3.8) is 0 Å². The number of nitrogens with zero attached hydrogens (tertiary/aromatic N) is 1. The van der Waals surface area contributed by atoms with Crippen LogP contribution in [-0.2, 0) is 27.9 Å². The Balaban J connectivity index is 1.78. The molecular formula is C22H21NO5S. The lowest BCUT2D eigenvalue weighted by Gasteiger charge is -2.26. The van der Waals surface area contributed by atoms with Crippen molar-refractivity contribution in [2.24, 2.45) is 0 Å². The summed E-state index contributed by atoms with van der Waals surface area (Å²) in [5.41, 5.74) is 1.68. The van der Waals surface area contributed by atoms with E-state index in [1.54, 1.807) is 11.8 Å². The fourth-order valence-corrected chi connectivity index (χ4v) is 3.88. The van der Waals surface area contributed by atoms with Crippen molar-refractivity contribution in [1.82, 2.24) is 0 Å². The van der Waals surface area contributed by atoms with Crippen LogP contribution in [0.4, 0.5) is 5.69 Å². The number of carbonyl (C=O) groups is 2. The number of carboxylic acid groups (broad SMARTS) is 1. The number of para-hydroxylation sites is 1. The molecule has 0 bridgehead atoms. The molecule has 3 rings (SSSR count). The standard InChI is InChI=1S/C22H21NO5S/c1-16(29(27)15-19-12-13-20(28-19)22(25)26)21(24)23(18-10-6-3-7-11-18)14-17-8-4-2-5-9-17/h2-13,16H,14-15H2,1H3,(H,25,26). The lowest BCUT2D eigenvalue weighted by molar-refractivity contribution is -0.118. The molecule has 1 aromatic heterocycles. The summed E-state index contributed by atoms with van der Waals surface area (Å²) in [7, 11) is -1.58. The zero-order valence-electron chi connectivity index (χ0n) is 15.9. The molecule has 1 heterocycles. The summed E-state index contributed by atoms with van der Waals surface area (Å²) >= 11 is 0. The van der Waals surface area contributed by atoms with Gasteiger partial charge in [-0.25, -0.2) is 4.79 Å². The van der Waals surface area contributed by atoms with E-state index in [0.717, 1.165) is 11.3 Å². The van der Waals surface area contributed by atoms with Gasteiger partial charge < -0.3 is 14.4 Å². The highest BCUT2D eigenvalue weighted by Gasteiger charge is 2.27. The third kappa shape index (κ3) is 5.20. The van der Waals surface area contributed by atoms with Crippen molar-refractivity contribution < 1.29 is 23.3 Å². The maximum absolute atomic E-state index is 13.2. The second kappa shape index (κ2) is 9.34. The number of aromatic carboxylic acids is 1. The van der Waals surface area contributed by atoms with Crippen molar-refractivity contribution >= 4 is 28.4 Å². The molecule has 29 heavy (non-hydrogen) atoms. The number of hydrogen-bond acceptors (Lipinski definition) is 4. The first-order chi connectivity index (χ1) is 14.0. The number of carbonyl (C=O) groups excluding carboxylic acids is 1. The predicted molar refractivity (Wildman–Crippen MR) is 111 cm³/mol. The minimum atomic E-state index is -1.58. The van der Waals surface area contributed by atoms with Gasteiger partial charge in [0.25, 0.3) is 0 Å². The van der Waals surface area contributed by atoms with E-state index in [1.165, 1.54) is 12.1 Å². The van der Waals surface area contributed by atoms with Gasteiger partial charge in [-0.15, -0.1) is 0 Å². The zero-order valence-corrected chi connectivity index (χ0v) is 16.7. The number of anilines is 1. The smallest absolute Gasteiger partial charge is 0.371 e. The Morgan fingerprint density at radius 2 is 1.62 bits per heavy atom. The number of hydrogen-bond donors (Lipinski definition) is 1. The van der Waals surface area contributed by atoms with E-state index < -0.39 is 22.0 Å². The SMILES string of the molecule is CC(C(=O)N(Cc1ccccc1)c1ccccc1)S(=O)Cc1ccc(C(=O)O)o1. The molecule has 6 nitrogen and oxygen atoms in total. The average molecular weight is 411 g/mol. The predicted octanol–water partition coefficient (Wildman–Crippen LogP) is 3.85. The Hall–Kier alpha value is -3.19. The van der Waals surface area contributed by atoms with Crippen LogP contribution >= 0.6 is 0 Å². The first kappa shape index (κ1) is 20.5. The van der Waals surface area contributed by atoms with Crippen molar-refractivity contribution in [3.8, 4) is 0 Å². The maximum atomic E-state index is 13.2. The molecule has 0 radical (unpaired) electrons. The fourth-order valence-electron chi connectivity index (χ4n) is 2.84. The molecule has 7 heteroatoms. The highest BCUT2D eigenvalue weighted by Crippen LogP contribution is 2.21. The van der Waals surface area contributed by atoms with E-state index in [1.807, 2.05) is 60.7 Å². The first-order valence-electron chi connectivity index (χ1n) is 9.05. The summed E-state index contributed by atoms with van der Waals surface area (Å²) in [5, 5.41) is 8.14. The minimum absolute atomic E-state index is 0.0336. The summed E-state index contributed by atoms with van der Waals surface area (Å²) in [4.78, 5) is 25.7. The molecule has 0 aliphatic rings. The molecule has 0 saturated heterocycles. The number of benzene rings is 2. The Morgan fingerprint density at radius 1 is 1.00 bits per heavy atom. The van der Waals surface area contributed by atoms with Gasteiger partial charge in [0.1, 0.15) is 11.0 Å². The third-order valence-corrected chi connectivity index (χ3v) is 5.98. The molecule has 0 saturated carbocycles. The molecule has 1 N–H and O–H groups in total. The summed E-state index contributed by atoms with van der Waals surface area (Å²) in [6.07, 6.45) is 0. The lowest BCUT2D eigenvalue weighted by atomic mass is 10.2. The van der Waals surface area contributed by atoms with Crippen molar-refractivity contribution in [2.45, 2.75) is 24.5 Å². The first-order valence-corrected chi connectivity index (χ1v) is 10.4. The highest BCUT2D eigenvalue weighted by atomic mass is 32.2. The van der Waals surface area contributed by atoms with Crippen LogP contribution in [0.3, 0.4) is 0 Å². The van der Waals surface area contributed by atoms with Crippen LogP contribution in [-0.4, -0.2) is 26.4 Å². The van der Waals surface area contributed by atoms with E-state index in [0.29, 0.717) is 6.54 Å². The topological polar surface area (TPSA) is 87.8 Å². The van der Waals surface area contributed by atoms with Crippen molar-refractivity contribution in [2.75, 3.05) is 4.90 Å². The molecule has 0 fully saturated rings. The highest BCUT2D eigenvalue weighted by molar-refractivity contribution is 7.85. The van der Waals surface area contributed by atoms with E-state index in [-0.39, 0.29) is 23.2 Å². The zero-order chi connectivity index (χ0) is 20.8. The lowest BCUT2D eigenvalue weighted by Crippen LogP contribution is -2.39. The van der Waals surface area contributed by atoms with Gasteiger partial charge in [-0.2, -0.15) is 0 Å². The molecule has 3 aromatic rings. The fraction of sp³-hybridized carbons (Fsp3) is 0.182. The normalized spacial score (nSPS) is 12.9. The maximum Gasteiger partial charge on any atom is 0.371 e. The molecule has 2 aromatic carbocycles. The van der Waals surface area contributed by atoms with Crippen LogP contribution in [0.5, 0.6) is 0 Å². The van der Waals surface area contributed by atoms with Crippen LogP contribution in [0.2, 0.25) is 0 Å². The molecule has 0 aliphatic carbocycles. The molecule has 1 amide bonds. The molecule has 0 aliphatic heterocycles. The quantitative estimate of drug-likeness (QED) is 0.608. The van der Waals surface area contributed by atoms with Gasteiger partial charge in [0.05, 0.1) is 12.3 Å². The van der Waals surface area contributed by atoms with Crippen LogP contribution < -0.4 is 4.90 Å².